The zero-order valence-electron chi connectivity index (χ0n) is 14.8. The van der Waals surface area contributed by atoms with E-state index in [1.807, 2.05) is 36.4 Å². The molecule has 138 valence electrons. The van der Waals surface area contributed by atoms with Crippen LogP contribution < -0.4 is 4.72 Å². The molecular weight excluding hydrogens is 368 g/mol. The minimum absolute atomic E-state index is 0.256. The van der Waals surface area contributed by atoms with Crippen molar-refractivity contribution in [1.29, 1.82) is 5.26 Å². The number of hydrogen-bond donors (Lipinski definition) is 1. The lowest BCUT2D eigenvalue weighted by atomic mass is 9.96. The number of rotatable bonds is 5. The van der Waals surface area contributed by atoms with Gasteiger partial charge in [0.15, 0.2) is 0 Å². The molecule has 0 bridgehead atoms. The van der Waals surface area contributed by atoms with Crippen LogP contribution in [0.4, 0.5) is 0 Å². The summed E-state index contributed by atoms with van der Waals surface area (Å²) < 4.78 is 33.2. The van der Waals surface area contributed by atoms with Crippen LogP contribution in [0, 0.1) is 11.3 Å². The third-order valence-electron chi connectivity index (χ3n) is 4.50. The largest absolute Gasteiger partial charge is 0.372 e. The van der Waals surface area contributed by atoms with E-state index in [2.05, 4.69) is 10.8 Å². The monoisotopic (exact) mass is 390 g/mol. The molecule has 1 N–H and O–H groups in total. The zero-order valence-corrected chi connectivity index (χ0v) is 16.4. The molecule has 2 aromatic rings. The summed E-state index contributed by atoms with van der Waals surface area (Å²) in [5.74, 6) is 0. The maximum absolute atomic E-state index is 12.3. The fourth-order valence-corrected chi connectivity index (χ4v) is 4.71. The smallest absolute Gasteiger partial charge is 0.214 e. The Balaban J connectivity index is 1.81. The first-order valence-corrected chi connectivity index (χ1v) is 11.0. The highest BCUT2D eigenvalue weighted by Gasteiger charge is 2.31. The number of thiophene rings is 1. The highest BCUT2D eigenvalue weighted by atomic mass is 32.2. The van der Waals surface area contributed by atoms with Gasteiger partial charge in [0.1, 0.15) is 10.9 Å². The fourth-order valence-electron chi connectivity index (χ4n) is 2.97. The summed E-state index contributed by atoms with van der Waals surface area (Å²) in [5.41, 5.74) is 2.00. The van der Waals surface area contributed by atoms with Crippen LogP contribution in [0.1, 0.15) is 43.2 Å². The molecule has 1 fully saturated rings. The average Bonchev–Trinajstić information content (AvgIpc) is 3.11. The molecule has 0 radical (unpaired) electrons. The predicted molar refractivity (Wildman–Crippen MR) is 103 cm³/mol. The topological polar surface area (TPSA) is 79.2 Å². The highest BCUT2D eigenvalue weighted by Crippen LogP contribution is 2.32. The number of sulfonamides is 1. The average molecular weight is 391 g/mol. The number of nitrogens with zero attached hydrogens (tertiary/aromatic N) is 1. The van der Waals surface area contributed by atoms with E-state index in [0.717, 1.165) is 28.8 Å². The summed E-state index contributed by atoms with van der Waals surface area (Å²) in [4.78, 5) is 1.72. The van der Waals surface area contributed by atoms with Crippen LogP contribution in [0.5, 0.6) is 0 Å². The molecule has 2 heterocycles. The molecule has 1 aromatic carbocycles. The Morgan fingerprint density at radius 3 is 2.58 bits per heavy atom. The molecule has 1 aliphatic rings. The minimum atomic E-state index is -3.35. The normalized spacial score (nSPS) is 20.8. The van der Waals surface area contributed by atoms with E-state index >= 15 is 0 Å². The lowest BCUT2D eigenvalue weighted by Gasteiger charge is -2.33. The van der Waals surface area contributed by atoms with Gasteiger partial charge in [0.05, 0.1) is 17.4 Å². The zero-order chi connectivity index (χ0) is 18.7. The maximum atomic E-state index is 12.3. The van der Waals surface area contributed by atoms with Gasteiger partial charge in [-0.05, 0) is 49.9 Å². The number of nitriles is 1. The first kappa shape index (κ1) is 19.1. The molecule has 1 aliphatic heterocycles. The molecule has 0 amide bonds. The number of benzene rings is 1. The van der Waals surface area contributed by atoms with Crippen molar-refractivity contribution in [2.24, 2.45) is 0 Å². The van der Waals surface area contributed by atoms with Crippen LogP contribution in [0.25, 0.3) is 10.4 Å². The van der Waals surface area contributed by atoms with Crippen LogP contribution in [0.15, 0.2) is 36.4 Å². The van der Waals surface area contributed by atoms with E-state index in [1.165, 1.54) is 11.3 Å². The van der Waals surface area contributed by atoms with Gasteiger partial charge < -0.3 is 4.74 Å². The van der Waals surface area contributed by atoms with Gasteiger partial charge in [-0.2, -0.15) is 5.26 Å². The van der Waals surface area contributed by atoms with E-state index in [-0.39, 0.29) is 12.1 Å². The Morgan fingerprint density at radius 2 is 1.96 bits per heavy atom. The van der Waals surface area contributed by atoms with Crippen molar-refractivity contribution >= 4 is 21.4 Å². The summed E-state index contributed by atoms with van der Waals surface area (Å²) in [5, 5.41) is 8.49. The molecule has 0 spiro atoms. The number of ether oxygens (including phenoxy) is 1. The van der Waals surface area contributed by atoms with E-state index in [9.17, 15) is 8.42 Å². The number of nitrogens with one attached hydrogen (secondary N) is 1. The molecule has 0 aliphatic carbocycles. The quantitative estimate of drug-likeness (QED) is 0.841. The summed E-state index contributed by atoms with van der Waals surface area (Å²) in [7, 11) is -3.35. The minimum Gasteiger partial charge on any atom is -0.372 e. The van der Waals surface area contributed by atoms with Gasteiger partial charge >= 0.3 is 0 Å². The van der Waals surface area contributed by atoms with E-state index < -0.39 is 15.3 Å². The first-order valence-electron chi connectivity index (χ1n) is 8.64. The van der Waals surface area contributed by atoms with Crippen LogP contribution in [0.2, 0.25) is 0 Å². The summed E-state index contributed by atoms with van der Waals surface area (Å²) >= 11 is 1.46. The molecule has 1 aromatic heterocycles. The first-order chi connectivity index (χ1) is 12.4. The van der Waals surface area contributed by atoms with Gasteiger partial charge in [0, 0.05) is 11.5 Å². The van der Waals surface area contributed by atoms with Gasteiger partial charge in [-0.1, -0.05) is 24.3 Å². The van der Waals surface area contributed by atoms with Gasteiger partial charge in [-0.3, -0.25) is 0 Å². The lowest BCUT2D eigenvalue weighted by Crippen LogP contribution is -2.45. The van der Waals surface area contributed by atoms with Crippen LogP contribution >= 0.6 is 11.3 Å². The second-order valence-electron chi connectivity index (χ2n) is 6.65. The summed E-state index contributed by atoms with van der Waals surface area (Å²) in [6.45, 7) is 3.97. The molecule has 1 saturated heterocycles. The molecule has 0 saturated carbocycles. The second-order valence-corrected chi connectivity index (χ2v) is 10.0. The molecule has 2 atom stereocenters. The van der Waals surface area contributed by atoms with E-state index in [0.29, 0.717) is 11.5 Å². The van der Waals surface area contributed by atoms with Crippen molar-refractivity contribution in [3.8, 4) is 16.5 Å². The fraction of sp³-hybridized carbons (Fsp3) is 0.421. The third-order valence-corrected chi connectivity index (χ3v) is 7.41. The summed E-state index contributed by atoms with van der Waals surface area (Å²) in [6, 6.07) is 13.6. The van der Waals surface area contributed by atoms with Crippen LogP contribution in [-0.4, -0.2) is 26.3 Å². The van der Waals surface area contributed by atoms with Gasteiger partial charge in [0.25, 0.3) is 0 Å². The van der Waals surface area contributed by atoms with Crippen molar-refractivity contribution in [1.82, 2.24) is 4.72 Å². The Bertz CT molecular complexity index is 896. The molecule has 3 rings (SSSR count). The Kier molecular flexibility index (Phi) is 5.78. The Morgan fingerprint density at radius 1 is 1.23 bits per heavy atom. The van der Waals surface area contributed by atoms with Gasteiger partial charge in [0.2, 0.25) is 10.0 Å². The standard InChI is InChI=1S/C19H22N2O3S2/c1-13(2)26(22,23)21-17-4-3-11-24-19(17)15-7-5-14(6-8-15)18-10-9-16(12-20)25-18/h5-10,13,17,19,21H,3-4,11H2,1-2H3/t17-,19+/m0/s1. The van der Waals surface area contributed by atoms with Crippen molar-refractivity contribution in [3.63, 3.8) is 0 Å². The highest BCUT2D eigenvalue weighted by molar-refractivity contribution is 7.90. The van der Waals surface area contributed by atoms with E-state index in [1.54, 1.807) is 13.8 Å². The summed E-state index contributed by atoms with van der Waals surface area (Å²) in [6.07, 6.45) is 1.31. The molecule has 7 heteroatoms. The molecule has 0 unspecified atom stereocenters. The lowest BCUT2D eigenvalue weighted by molar-refractivity contribution is -0.00446. The third kappa shape index (κ3) is 4.15. The second kappa shape index (κ2) is 7.89. The van der Waals surface area contributed by atoms with Crippen molar-refractivity contribution in [3.05, 3.63) is 46.8 Å². The molecule has 26 heavy (non-hydrogen) atoms. The SMILES string of the molecule is CC(C)S(=O)(=O)N[C@H]1CCCO[C@@H]1c1ccc(-c2ccc(C#N)s2)cc1. The molecule has 5 nitrogen and oxygen atoms in total. The maximum Gasteiger partial charge on any atom is 0.214 e. The Hall–Kier alpha value is -1.72. The van der Waals surface area contributed by atoms with Gasteiger partial charge in [-0.15, -0.1) is 11.3 Å². The van der Waals surface area contributed by atoms with Gasteiger partial charge in [-0.25, -0.2) is 13.1 Å². The van der Waals surface area contributed by atoms with Crippen LogP contribution in [0.3, 0.4) is 0 Å². The van der Waals surface area contributed by atoms with Crippen LogP contribution in [-0.2, 0) is 14.8 Å². The van der Waals surface area contributed by atoms with E-state index in [4.69, 9.17) is 10.00 Å². The van der Waals surface area contributed by atoms with Crippen molar-refractivity contribution < 1.29 is 13.2 Å². The predicted octanol–water partition coefficient (Wildman–Crippen LogP) is 3.83. The van der Waals surface area contributed by atoms with Crippen molar-refractivity contribution in [2.45, 2.75) is 44.1 Å². The molecular formula is C19H22N2O3S2. The Labute approximate surface area is 158 Å². The number of hydrogen-bond acceptors (Lipinski definition) is 5. The van der Waals surface area contributed by atoms with Crippen molar-refractivity contribution in [2.75, 3.05) is 6.61 Å².